The Labute approximate surface area is 119 Å². The second kappa shape index (κ2) is 8.72. The van der Waals surface area contributed by atoms with Gasteiger partial charge >= 0.3 is 0 Å². The van der Waals surface area contributed by atoms with Crippen molar-refractivity contribution in [2.45, 2.75) is 39.3 Å². The van der Waals surface area contributed by atoms with E-state index in [4.69, 9.17) is 10.4 Å². The van der Waals surface area contributed by atoms with E-state index in [0.29, 0.717) is 18.9 Å². The van der Waals surface area contributed by atoms with Gasteiger partial charge in [-0.3, -0.25) is 4.90 Å². The number of nitrogens with zero attached hydrogens (tertiary/aromatic N) is 2. The lowest BCUT2D eigenvalue weighted by molar-refractivity contribution is 0.220. The number of aliphatic hydroxyl groups excluding tert-OH is 1. The zero-order chi connectivity index (χ0) is 14.1. The summed E-state index contributed by atoms with van der Waals surface area (Å²) in [6, 6.07) is 6.74. The Bertz CT molecular complexity index is 476. The van der Waals surface area contributed by atoms with Crippen molar-refractivity contribution in [1.29, 1.82) is 5.26 Å². The van der Waals surface area contributed by atoms with Crippen LogP contribution in [-0.4, -0.2) is 29.2 Å². The summed E-state index contributed by atoms with van der Waals surface area (Å²) in [5, 5.41) is 17.4. The molecule has 0 aromatic carbocycles. The molecule has 0 unspecified atom stereocenters. The highest BCUT2D eigenvalue weighted by atomic mass is 32.1. The number of thiophene rings is 1. The van der Waals surface area contributed by atoms with Crippen LogP contribution < -0.4 is 0 Å². The van der Waals surface area contributed by atoms with Gasteiger partial charge in [-0.1, -0.05) is 11.8 Å². The Morgan fingerprint density at radius 3 is 2.79 bits per heavy atom. The van der Waals surface area contributed by atoms with E-state index in [9.17, 15) is 0 Å². The fourth-order valence-corrected chi connectivity index (χ4v) is 2.56. The van der Waals surface area contributed by atoms with Crippen LogP contribution in [0.2, 0.25) is 0 Å². The highest BCUT2D eigenvalue weighted by molar-refractivity contribution is 7.12. The molecule has 0 amide bonds. The number of rotatable bonds is 6. The summed E-state index contributed by atoms with van der Waals surface area (Å²) < 4.78 is 0. The third kappa shape index (κ3) is 5.89. The molecule has 0 saturated carbocycles. The molecule has 3 nitrogen and oxygen atoms in total. The van der Waals surface area contributed by atoms with Crippen molar-refractivity contribution in [1.82, 2.24) is 4.90 Å². The van der Waals surface area contributed by atoms with Gasteiger partial charge in [0.15, 0.2) is 0 Å². The monoisotopic (exact) mass is 276 g/mol. The van der Waals surface area contributed by atoms with Crippen LogP contribution in [0.5, 0.6) is 0 Å². The summed E-state index contributed by atoms with van der Waals surface area (Å²) in [5.74, 6) is 5.98. The highest BCUT2D eigenvalue weighted by Gasteiger charge is 2.10. The first kappa shape index (κ1) is 15.7. The molecule has 0 saturated heterocycles. The third-order valence-corrected chi connectivity index (χ3v) is 3.70. The first-order chi connectivity index (χ1) is 9.17. The molecule has 0 bridgehead atoms. The van der Waals surface area contributed by atoms with Crippen molar-refractivity contribution in [2.24, 2.45) is 0 Å². The average Bonchev–Trinajstić information content (AvgIpc) is 2.82. The van der Waals surface area contributed by atoms with Crippen LogP contribution >= 0.6 is 11.3 Å². The van der Waals surface area contributed by atoms with Crippen molar-refractivity contribution < 1.29 is 5.11 Å². The summed E-state index contributed by atoms with van der Waals surface area (Å²) in [7, 11) is 0. The second-order valence-corrected chi connectivity index (χ2v) is 5.68. The Morgan fingerprint density at radius 1 is 1.37 bits per heavy atom. The quantitative estimate of drug-likeness (QED) is 0.812. The lowest BCUT2D eigenvalue weighted by Crippen LogP contribution is -2.30. The van der Waals surface area contributed by atoms with E-state index in [1.165, 1.54) is 4.88 Å². The van der Waals surface area contributed by atoms with Crippen molar-refractivity contribution in [3.8, 4) is 17.9 Å². The van der Waals surface area contributed by atoms with Crippen LogP contribution in [0.15, 0.2) is 12.1 Å². The molecule has 0 atom stereocenters. The molecular formula is C15H20N2OS. The normalized spacial score (nSPS) is 10.3. The Kier molecular flexibility index (Phi) is 7.22. The maximum atomic E-state index is 8.68. The van der Waals surface area contributed by atoms with Crippen molar-refractivity contribution in [3.05, 3.63) is 21.9 Å². The minimum absolute atomic E-state index is 0.112. The highest BCUT2D eigenvalue weighted by Crippen LogP contribution is 2.18. The summed E-state index contributed by atoms with van der Waals surface area (Å²) in [6.45, 7) is 6.07. The summed E-state index contributed by atoms with van der Waals surface area (Å²) in [6.07, 6.45) is 1.08. The van der Waals surface area contributed by atoms with E-state index in [1.54, 1.807) is 11.3 Å². The summed E-state index contributed by atoms with van der Waals surface area (Å²) in [4.78, 5) is 4.59. The van der Waals surface area contributed by atoms with Gasteiger partial charge in [-0.25, -0.2) is 0 Å². The molecule has 1 N–H and O–H groups in total. The van der Waals surface area contributed by atoms with Crippen molar-refractivity contribution in [3.63, 3.8) is 0 Å². The van der Waals surface area contributed by atoms with Crippen LogP contribution in [0.4, 0.5) is 0 Å². The van der Waals surface area contributed by atoms with Gasteiger partial charge in [0, 0.05) is 36.9 Å². The first-order valence-electron chi connectivity index (χ1n) is 6.46. The molecule has 19 heavy (non-hydrogen) atoms. The van der Waals surface area contributed by atoms with Crippen LogP contribution in [0.25, 0.3) is 0 Å². The van der Waals surface area contributed by atoms with Crippen LogP contribution in [0.3, 0.4) is 0 Å². The van der Waals surface area contributed by atoms with Gasteiger partial charge in [-0.05, 0) is 26.0 Å². The zero-order valence-corrected chi connectivity index (χ0v) is 12.3. The summed E-state index contributed by atoms with van der Waals surface area (Å²) in [5.41, 5.74) is 0. The number of hydrogen-bond donors (Lipinski definition) is 1. The van der Waals surface area contributed by atoms with Gasteiger partial charge in [0.1, 0.15) is 0 Å². The predicted molar refractivity (Wildman–Crippen MR) is 78.7 cm³/mol. The van der Waals surface area contributed by atoms with E-state index in [-0.39, 0.29) is 6.61 Å². The molecule has 0 radical (unpaired) electrons. The molecule has 0 spiro atoms. The maximum absolute atomic E-state index is 8.68. The lowest BCUT2D eigenvalue weighted by atomic mass is 10.2. The number of aliphatic hydroxyl groups is 1. The van der Waals surface area contributed by atoms with Crippen molar-refractivity contribution in [2.75, 3.05) is 13.2 Å². The van der Waals surface area contributed by atoms with Crippen LogP contribution in [0, 0.1) is 23.2 Å². The maximum Gasteiger partial charge on any atom is 0.0771 e. The van der Waals surface area contributed by atoms with Gasteiger partial charge < -0.3 is 5.11 Å². The molecule has 1 heterocycles. The molecule has 0 aliphatic heterocycles. The Morgan fingerprint density at radius 2 is 2.16 bits per heavy atom. The number of hydrogen-bond acceptors (Lipinski definition) is 4. The van der Waals surface area contributed by atoms with E-state index in [2.05, 4.69) is 42.7 Å². The van der Waals surface area contributed by atoms with Gasteiger partial charge in [0.25, 0.3) is 0 Å². The molecule has 102 valence electrons. The number of nitriles is 1. The summed E-state index contributed by atoms with van der Waals surface area (Å²) >= 11 is 1.68. The molecule has 0 fully saturated rings. The SMILES string of the molecule is CC(C)N(CCC#N)Cc1ccc(C#CCCO)s1. The van der Waals surface area contributed by atoms with E-state index in [0.717, 1.165) is 18.0 Å². The van der Waals surface area contributed by atoms with Crippen LogP contribution in [-0.2, 0) is 6.54 Å². The molecule has 0 aliphatic rings. The molecule has 0 aliphatic carbocycles. The standard InChI is InChI=1S/C15H20N2OS/c1-13(2)17(10-5-9-16)12-15-8-7-14(19-15)6-3-4-11-18/h7-8,13,18H,4-5,10-12H2,1-2H3. The largest absolute Gasteiger partial charge is 0.395 e. The average molecular weight is 276 g/mol. The van der Waals surface area contributed by atoms with Crippen molar-refractivity contribution >= 4 is 11.3 Å². The molecule has 1 aromatic rings. The van der Waals surface area contributed by atoms with Gasteiger partial charge in [-0.2, -0.15) is 5.26 Å². The van der Waals surface area contributed by atoms with Gasteiger partial charge in [-0.15, -0.1) is 11.3 Å². The smallest absolute Gasteiger partial charge is 0.0771 e. The van der Waals surface area contributed by atoms with E-state index in [1.807, 2.05) is 6.07 Å². The second-order valence-electron chi connectivity index (χ2n) is 4.51. The van der Waals surface area contributed by atoms with Gasteiger partial charge in [0.05, 0.1) is 17.6 Å². The first-order valence-corrected chi connectivity index (χ1v) is 7.28. The fraction of sp³-hybridized carbons (Fsp3) is 0.533. The molecule has 1 rings (SSSR count). The Hall–Kier alpha value is -1.33. The predicted octanol–water partition coefficient (Wildman–Crippen LogP) is 2.61. The minimum Gasteiger partial charge on any atom is -0.395 e. The Balaban J connectivity index is 2.61. The van der Waals surface area contributed by atoms with E-state index >= 15 is 0 Å². The van der Waals surface area contributed by atoms with E-state index < -0.39 is 0 Å². The molecular weight excluding hydrogens is 256 g/mol. The zero-order valence-electron chi connectivity index (χ0n) is 11.5. The molecule has 4 heteroatoms. The fourth-order valence-electron chi connectivity index (χ4n) is 1.65. The third-order valence-electron chi connectivity index (χ3n) is 2.71. The molecule has 1 aromatic heterocycles. The minimum atomic E-state index is 0.112. The van der Waals surface area contributed by atoms with Crippen LogP contribution in [0.1, 0.15) is 36.4 Å². The topological polar surface area (TPSA) is 47.3 Å². The lowest BCUT2D eigenvalue weighted by Gasteiger charge is -2.24. The van der Waals surface area contributed by atoms with Gasteiger partial charge in [0.2, 0.25) is 0 Å².